The largest absolute Gasteiger partial charge is 0.487 e. The molecule has 0 spiro atoms. The average Bonchev–Trinajstić information content (AvgIpc) is 2.85. The minimum Gasteiger partial charge on any atom is -0.487 e. The van der Waals surface area contributed by atoms with Crippen LogP contribution in [-0.4, -0.2) is 60.6 Å². The first-order valence-electron chi connectivity index (χ1n) is 11.6. The number of fused-ring (bicyclic) bond motifs is 1. The van der Waals surface area contributed by atoms with E-state index in [0.717, 1.165) is 18.1 Å². The summed E-state index contributed by atoms with van der Waals surface area (Å²) in [4.78, 5) is 50.6. The normalized spacial score (nSPS) is 13.4. The van der Waals surface area contributed by atoms with Crippen molar-refractivity contribution in [3.8, 4) is 5.75 Å². The van der Waals surface area contributed by atoms with E-state index in [0.29, 0.717) is 5.56 Å². The van der Waals surface area contributed by atoms with Crippen LogP contribution in [0.1, 0.15) is 42.3 Å². The third-order valence-corrected chi connectivity index (χ3v) is 5.45. The van der Waals surface area contributed by atoms with Gasteiger partial charge in [-0.25, -0.2) is 9.18 Å². The van der Waals surface area contributed by atoms with Gasteiger partial charge in [0.05, 0.1) is 20.2 Å². The first-order chi connectivity index (χ1) is 18.1. The fourth-order valence-corrected chi connectivity index (χ4v) is 3.72. The van der Waals surface area contributed by atoms with Gasteiger partial charge in [0.1, 0.15) is 30.2 Å². The van der Waals surface area contributed by atoms with Crippen molar-refractivity contribution in [3.05, 3.63) is 58.9 Å². The van der Waals surface area contributed by atoms with E-state index in [9.17, 15) is 32.3 Å². The van der Waals surface area contributed by atoms with Crippen molar-refractivity contribution >= 4 is 29.4 Å². The van der Waals surface area contributed by atoms with Crippen LogP contribution in [0.3, 0.4) is 0 Å². The second-order valence-electron chi connectivity index (χ2n) is 9.56. The summed E-state index contributed by atoms with van der Waals surface area (Å²) < 4.78 is 72.0. The van der Waals surface area contributed by atoms with Gasteiger partial charge in [0, 0.05) is 11.1 Å². The molecule has 13 heteroatoms. The first-order valence-corrected chi connectivity index (χ1v) is 11.6. The highest BCUT2D eigenvalue weighted by Crippen LogP contribution is 2.40. The summed E-state index contributed by atoms with van der Waals surface area (Å²) in [5.74, 6) is -6.61. The van der Waals surface area contributed by atoms with E-state index < -0.39 is 78.0 Å². The van der Waals surface area contributed by atoms with Crippen LogP contribution < -0.4 is 9.64 Å². The van der Waals surface area contributed by atoms with Crippen molar-refractivity contribution in [2.24, 2.45) is 0 Å². The van der Waals surface area contributed by atoms with E-state index in [4.69, 9.17) is 9.47 Å². The standard InChI is InChI=1S/C26H26F4N2O7/c1-25(2,3)39-24(36)31-11-17-16(18(33)12-31)10-19(38-14-15-8-6-5-7-9-15)22(21(17)27)32(13-20(34)37-4)23(35)26(28,29)30/h5-10H,11-14H2,1-4H3. The predicted octanol–water partition coefficient (Wildman–Crippen LogP) is 4.41. The van der Waals surface area contributed by atoms with Crippen molar-refractivity contribution in [2.45, 2.75) is 45.7 Å². The molecule has 2 amide bonds. The van der Waals surface area contributed by atoms with Gasteiger partial charge < -0.3 is 14.2 Å². The Kier molecular flexibility index (Phi) is 8.51. The monoisotopic (exact) mass is 554 g/mol. The molecule has 3 rings (SSSR count). The third-order valence-electron chi connectivity index (χ3n) is 5.45. The van der Waals surface area contributed by atoms with Crippen LogP contribution in [0.25, 0.3) is 0 Å². The molecule has 0 saturated carbocycles. The number of benzene rings is 2. The van der Waals surface area contributed by atoms with Crippen LogP contribution in [-0.2, 0) is 32.2 Å². The fraction of sp³-hybridized carbons (Fsp3) is 0.385. The number of esters is 1. The molecule has 0 aliphatic carbocycles. The predicted molar refractivity (Wildman–Crippen MR) is 129 cm³/mol. The van der Waals surface area contributed by atoms with Crippen molar-refractivity contribution in [1.29, 1.82) is 0 Å². The van der Waals surface area contributed by atoms with E-state index >= 15 is 4.39 Å². The number of carbonyl (C=O) groups excluding carboxylic acids is 4. The summed E-state index contributed by atoms with van der Waals surface area (Å²) in [5.41, 5.74) is -2.15. The quantitative estimate of drug-likeness (QED) is 0.385. The van der Waals surface area contributed by atoms with Gasteiger partial charge >= 0.3 is 24.1 Å². The molecule has 0 fully saturated rings. The molecule has 0 atom stereocenters. The molecule has 0 unspecified atom stereocenters. The summed E-state index contributed by atoms with van der Waals surface area (Å²) in [6.07, 6.45) is -6.46. The van der Waals surface area contributed by atoms with E-state index in [2.05, 4.69) is 4.74 Å². The maximum atomic E-state index is 16.1. The van der Waals surface area contributed by atoms with Crippen molar-refractivity contribution in [2.75, 3.05) is 25.1 Å². The van der Waals surface area contributed by atoms with Crippen LogP contribution in [0.5, 0.6) is 5.75 Å². The summed E-state index contributed by atoms with van der Waals surface area (Å²) in [5, 5.41) is 0. The Morgan fingerprint density at radius 1 is 1.05 bits per heavy atom. The Morgan fingerprint density at radius 3 is 2.26 bits per heavy atom. The van der Waals surface area contributed by atoms with Crippen LogP contribution in [0.4, 0.5) is 28.0 Å². The molecule has 210 valence electrons. The Balaban J connectivity index is 2.17. The van der Waals surface area contributed by atoms with E-state index in [1.165, 1.54) is 0 Å². The third kappa shape index (κ3) is 7.03. The number of carbonyl (C=O) groups is 4. The van der Waals surface area contributed by atoms with E-state index in [-0.39, 0.29) is 17.1 Å². The number of ketones is 1. The molecule has 0 saturated heterocycles. The zero-order valence-electron chi connectivity index (χ0n) is 21.6. The van der Waals surface area contributed by atoms with Crippen LogP contribution >= 0.6 is 0 Å². The van der Waals surface area contributed by atoms with E-state index in [1.807, 2.05) is 0 Å². The zero-order chi connectivity index (χ0) is 29.1. The van der Waals surface area contributed by atoms with Crippen LogP contribution in [0, 0.1) is 5.82 Å². The SMILES string of the molecule is COC(=O)CN(C(=O)C(F)(F)F)c1c(OCc2ccccc2)cc2c(c1F)CN(C(=O)OC(C)(C)C)CC2=O. The number of ether oxygens (including phenoxy) is 3. The number of halogens is 4. The highest BCUT2D eigenvalue weighted by atomic mass is 19.4. The molecular formula is C26H26F4N2O7. The molecule has 1 aliphatic rings. The number of hydrogen-bond acceptors (Lipinski definition) is 7. The van der Waals surface area contributed by atoms with Crippen LogP contribution in [0.2, 0.25) is 0 Å². The van der Waals surface area contributed by atoms with Gasteiger partial charge in [0.15, 0.2) is 11.6 Å². The second-order valence-corrected chi connectivity index (χ2v) is 9.56. The van der Waals surface area contributed by atoms with Gasteiger partial charge in [0.25, 0.3) is 0 Å². The van der Waals surface area contributed by atoms with E-state index in [1.54, 1.807) is 51.1 Å². The minimum absolute atomic E-state index is 0.154. The summed E-state index contributed by atoms with van der Waals surface area (Å²) in [7, 11) is 0.881. The van der Waals surface area contributed by atoms with Crippen molar-refractivity contribution in [3.63, 3.8) is 0 Å². The van der Waals surface area contributed by atoms with Crippen molar-refractivity contribution < 1.29 is 51.0 Å². The number of alkyl halides is 3. The number of anilines is 1. The second kappa shape index (κ2) is 11.3. The zero-order valence-corrected chi connectivity index (χ0v) is 21.6. The lowest BCUT2D eigenvalue weighted by Gasteiger charge is -2.32. The Hall–Kier alpha value is -4.16. The van der Waals surface area contributed by atoms with Gasteiger partial charge in [-0.2, -0.15) is 13.2 Å². The number of hydrogen-bond donors (Lipinski definition) is 0. The van der Waals surface area contributed by atoms with Crippen LogP contribution in [0.15, 0.2) is 36.4 Å². The highest BCUT2D eigenvalue weighted by Gasteiger charge is 2.46. The number of methoxy groups -OCH3 is 1. The Bertz CT molecular complexity index is 1270. The molecule has 0 aromatic heterocycles. The summed E-state index contributed by atoms with van der Waals surface area (Å²) in [6.45, 7) is 2.10. The molecule has 9 nitrogen and oxygen atoms in total. The molecule has 1 heterocycles. The minimum atomic E-state index is -5.51. The Morgan fingerprint density at radius 2 is 1.69 bits per heavy atom. The van der Waals surface area contributed by atoms with Gasteiger partial charge in [-0.05, 0) is 32.4 Å². The number of amides is 2. The average molecular weight is 554 g/mol. The smallest absolute Gasteiger partial charge is 0.471 e. The maximum absolute atomic E-state index is 16.1. The van der Waals surface area contributed by atoms with Gasteiger partial charge in [-0.15, -0.1) is 0 Å². The number of rotatable bonds is 6. The topological polar surface area (TPSA) is 102 Å². The summed E-state index contributed by atoms with van der Waals surface area (Å²) >= 11 is 0. The van der Waals surface area contributed by atoms with Crippen molar-refractivity contribution in [1.82, 2.24) is 4.90 Å². The molecule has 0 bridgehead atoms. The molecule has 2 aromatic carbocycles. The number of Topliss-reactive ketones (excluding diaryl/α,β-unsaturated/α-hetero) is 1. The molecule has 2 aromatic rings. The van der Waals surface area contributed by atoms with Gasteiger partial charge in [-0.1, -0.05) is 30.3 Å². The van der Waals surface area contributed by atoms with Gasteiger partial charge in [0.2, 0.25) is 0 Å². The maximum Gasteiger partial charge on any atom is 0.471 e. The molecule has 0 N–H and O–H groups in total. The van der Waals surface area contributed by atoms with Gasteiger partial charge in [-0.3, -0.25) is 24.2 Å². The fourth-order valence-electron chi connectivity index (χ4n) is 3.72. The summed E-state index contributed by atoms with van der Waals surface area (Å²) in [6, 6.07) is 9.30. The molecule has 0 radical (unpaired) electrons. The number of nitrogens with zero attached hydrogens (tertiary/aromatic N) is 2. The molecule has 1 aliphatic heterocycles. The lowest BCUT2D eigenvalue weighted by Crippen LogP contribution is -2.46. The Labute approximate surface area is 221 Å². The first kappa shape index (κ1) is 29.4. The lowest BCUT2D eigenvalue weighted by atomic mass is 9.96. The highest BCUT2D eigenvalue weighted by molar-refractivity contribution is 6.05. The lowest BCUT2D eigenvalue weighted by molar-refractivity contribution is -0.171. The molecular weight excluding hydrogens is 528 g/mol. The molecule has 39 heavy (non-hydrogen) atoms.